The van der Waals surface area contributed by atoms with E-state index in [0.29, 0.717) is 23.4 Å². The van der Waals surface area contributed by atoms with E-state index in [0.717, 1.165) is 31.9 Å². The average molecular weight is 541 g/mol. The lowest BCUT2D eigenvalue weighted by Crippen LogP contribution is -2.12. The van der Waals surface area contributed by atoms with E-state index in [1.165, 1.54) is 0 Å². The number of aromatic hydroxyl groups is 1. The zero-order valence-corrected chi connectivity index (χ0v) is 20.6. The number of H-pyrrole nitrogens is 2. The number of ether oxygens (including phenoxy) is 1. The highest BCUT2D eigenvalue weighted by atomic mass is 79.9. The van der Waals surface area contributed by atoms with E-state index < -0.39 is 0 Å². The third kappa shape index (κ3) is 4.10. The number of imidazole rings is 1. The number of hydrogen-bond donors (Lipinski definition) is 3. The first-order valence-electron chi connectivity index (χ1n) is 11.4. The summed E-state index contributed by atoms with van der Waals surface area (Å²) in [5.74, 6) is 0.176. The Hall–Kier alpha value is -4.14. The second-order valence-corrected chi connectivity index (χ2v) is 9.45. The molecule has 0 saturated carbocycles. The van der Waals surface area contributed by atoms with Gasteiger partial charge in [0.25, 0.3) is 0 Å². The molecule has 0 atom stereocenters. The van der Waals surface area contributed by atoms with E-state index >= 15 is 0 Å². The fraction of sp³-hybridized carbons (Fsp3) is 0.0714. The largest absolute Gasteiger partial charge is 0.508 e. The predicted molar refractivity (Wildman–Crippen MR) is 142 cm³/mol. The maximum atomic E-state index is 13.7. The molecule has 3 aromatic heterocycles. The first-order valence-corrected chi connectivity index (χ1v) is 12.2. The van der Waals surface area contributed by atoms with Crippen LogP contribution in [0, 0.1) is 0 Å². The van der Waals surface area contributed by atoms with Crippen molar-refractivity contribution in [1.29, 1.82) is 0 Å². The van der Waals surface area contributed by atoms with Crippen LogP contribution in [-0.2, 0) is 18.1 Å². The lowest BCUT2D eigenvalue weighted by molar-refractivity contribution is 0.0611. The van der Waals surface area contributed by atoms with Crippen molar-refractivity contribution in [2.75, 3.05) is 0 Å². The van der Waals surface area contributed by atoms with Gasteiger partial charge in [-0.15, -0.1) is 0 Å². The van der Waals surface area contributed by atoms with Crippen LogP contribution in [-0.4, -0.2) is 30.4 Å². The highest BCUT2D eigenvalue weighted by molar-refractivity contribution is 9.10. The molecule has 0 unspecified atom stereocenters. The summed E-state index contributed by atoms with van der Waals surface area (Å²) in [4.78, 5) is 24.8. The molecule has 7 nitrogen and oxygen atoms in total. The number of aromatic nitrogens is 4. The molecular weight excluding hydrogens is 520 g/mol. The molecule has 178 valence electrons. The van der Waals surface area contributed by atoms with Crippen LogP contribution in [0.4, 0.5) is 0 Å². The van der Waals surface area contributed by atoms with Crippen LogP contribution in [0.5, 0.6) is 5.75 Å². The highest BCUT2D eigenvalue weighted by Gasteiger charge is 2.22. The molecule has 0 aliphatic heterocycles. The van der Waals surface area contributed by atoms with Gasteiger partial charge in [-0.25, -0.2) is 4.98 Å². The molecule has 36 heavy (non-hydrogen) atoms. The molecule has 0 aliphatic carbocycles. The number of halogens is 1. The smallest absolute Gasteiger partial charge is 0.230 e. The van der Waals surface area contributed by atoms with Crippen LogP contribution in [0.2, 0.25) is 0 Å². The Labute approximate surface area is 214 Å². The van der Waals surface area contributed by atoms with Crippen LogP contribution in [0.1, 0.15) is 21.7 Å². The third-order valence-corrected chi connectivity index (χ3v) is 6.64. The fourth-order valence-electron chi connectivity index (χ4n) is 4.39. The Kier molecular flexibility index (Phi) is 5.67. The summed E-state index contributed by atoms with van der Waals surface area (Å²) in [6, 6.07) is 20.8. The molecule has 0 bridgehead atoms. The molecule has 0 amide bonds. The van der Waals surface area contributed by atoms with Crippen molar-refractivity contribution in [3.05, 3.63) is 107 Å². The number of nitrogens with zero attached hydrogens (tertiary/aromatic N) is 2. The zero-order chi connectivity index (χ0) is 24.6. The number of carbonyl (C=O) groups excluding carboxylic acids is 1. The SMILES string of the molecule is O=C(c1c[nH]c2cc(O)ccc12)c1nc(-c2c[nH]c3cc(Br)ccc23)cn1COCc1ccccc1. The highest BCUT2D eigenvalue weighted by Crippen LogP contribution is 2.31. The van der Waals surface area contributed by atoms with Gasteiger partial charge in [0, 0.05) is 56.5 Å². The lowest BCUT2D eigenvalue weighted by atomic mass is 10.1. The first kappa shape index (κ1) is 22.3. The van der Waals surface area contributed by atoms with E-state index in [-0.39, 0.29) is 24.1 Å². The molecule has 0 spiro atoms. The Morgan fingerprint density at radius 1 is 0.972 bits per heavy atom. The van der Waals surface area contributed by atoms with Crippen LogP contribution >= 0.6 is 15.9 Å². The van der Waals surface area contributed by atoms with Crippen molar-refractivity contribution in [2.24, 2.45) is 0 Å². The van der Waals surface area contributed by atoms with Gasteiger partial charge in [-0.3, -0.25) is 4.79 Å². The maximum Gasteiger partial charge on any atom is 0.230 e. The summed E-state index contributed by atoms with van der Waals surface area (Å²) in [5.41, 5.74) is 4.75. The minimum absolute atomic E-state index is 0.132. The van der Waals surface area contributed by atoms with Crippen molar-refractivity contribution in [1.82, 2.24) is 19.5 Å². The minimum atomic E-state index is -0.232. The molecule has 0 fully saturated rings. The molecule has 0 aliphatic rings. The van der Waals surface area contributed by atoms with Crippen molar-refractivity contribution in [3.63, 3.8) is 0 Å². The van der Waals surface area contributed by atoms with Crippen molar-refractivity contribution >= 4 is 43.5 Å². The minimum Gasteiger partial charge on any atom is -0.508 e. The van der Waals surface area contributed by atoms with Crippen LogP contribution in [0.3, 0.4) is 0 Å². The van der Waals surface area contributed by atoms with E-state index in [1.807, 2.05) is 60.9 Å². The van der Waals surface area contributed by atoms with Crippen LogP contribution < -0.4 is 0 Å². The number of aromatic amines is 2. The van der Waals surface area contributed by atoms with E-state index in [4.69, 9.17) is 9.72 Å². The molecule has 3 N–H and O–H groups in total. The Morgan fingerprint density at radius 2 is 1.75 bits per heavy atom. The normalized spacial score (nSPS) is 11.5. The molecular formula is C28H21BrN4O3. The molecule has 0 saturated heterocycles. The number of fused-ring (bicyclic) bond motifs is 2. The molecule has 6 aromatic rings. The number of nitrogens with one attached hydrogen (secondary N) is 2. The van der Waals surface area contributed by atoms with E-state index in [1.54, 1.807) is 29.0 Å². The summed E-state index contributed by atoms with van der Waals surface area (Å²) in [6.07, 6.45) is 5.40. The maximum absolute atomic E-state index is 13.7. The van der Waals surface area contributed by atoms with Crippen LogP contribution in [0.25, 0.3) is 33.1 Å². The summed E-state index contributed by atoms with van der Waals surface area (Å²) >= 11 is 3.51. The molecule has 3 heterocycles. The number of carbonyl (C=O) groups is 1. The van der Waals surface area contributed by atoms with Gasteiger partial charge in [0.05, 0.1) is 17.9 Å². The van der Waals surface area contributed by atoms with Gasteiger partial charge in [-0.2, -0.15) is 0 Å². The number of phenolic OH excluding ortho intramolecular Hbond substituents is 1. The van der Waals surface area contributed by atoms with Gasteiger partial charge in [-0.1, -0.05) is 52.3 Å². The van der Waals surface area contributed by atoms with Gasteiger partial charge >= 0.3 is 0 Å². The zero-order valence-electron chi connectivity index (χ0n) is 19.0. The molecule has 3 aromatic carbocycles. The standard InChI is InChI=1S/C28H21BrN4O3/c29-18-6-8-20-22(12-30-24(20)10-18)26-14-33(16-36-15-17-4-2-1-3-5-17)28(32-26)27(35)23-13-31-25-11-19(34)7-9-21(23)25/h1-14,30-31,34H,15-16H2. The van der Waals surface area contributed by atoms with Gasteiger partial charge < -0.3 is 24.4 Å². The average Bonchev–Trinajstić information content (AvgIpc) is 3.60. The predicted octanol–water partition coefficient (Wildman–Crippen LogP) is 6.39. The summed E-state index contributed by atoms with van der Waals surface area (Å²) in [6.45, 7) is 0.579. The molecule has 0 radical (unpaired) electrons. The molecule has 6 rings (SSSR count). The number of hydrogen-bond acceptors (Lipinski definition) is 4. The summed E-state index contributed by atoms with van der Waals surface area (Å²) < 4.78 is 8.69. The van der Waals surface area contributed by atoms with Gasteiger partial charge in [-0.05, 0) is 29.8 Å². The Morgan fingerprint density at radius 3 is 2.61 bits per heavy atom. The topological polar surface area (TPSA) is 95.9 Å². The number of rotatable bonds is 7. The summed E-state index contributed by atoms with van der Waals surface area (Å²) in [5, 5.41) is 11.5. The van der Waals surface area contributed by atoms with Crippen molar-refractivity contribution < 1.29 is 14.6 Å². The number of benzene rings is 3. The third-order valence-electron chi connectivity index (χ3n) is 6.15. The van der Waals surface area contributed by atoms with Gasteiger partial charge in [0.1, 0.15) is 12.5 Å². The monoisotopic (exact) mass is 540 g/mol. The van der Waals surface area contributed by atoms with Crippen molar-refractivity contribution in [3.8, 4) is 17.0 Å². The number of ketones is 1. The van der Waals surface area contributed by atoms with E-state index in [9.17, 15) is 9.90 Å². The summed E-state index contributed by atoms with van der Waals surface area (Å²) in [7, 11) is 0. The van der Waals surface area contributed by atoms with Gasteiger partial charge in [0.2, 0.25) is 5.78 Å². The van der Waals surface area contributed by atoms with Gasteiger partial charge in [0.15, 0.2) is 5.82 Å². The lowest BCUT2D eigenvalue weighted by Gasteiger charge is -2.08. The first-order chi connectivity index (χ1) is 17.6. The quantitative estimate of drug-likeness (QED) is 0.204. The Balaban J connectivity index is 1.39. The second kappa shape index (κ2) is 9.14. The van der Waals surface area contributed by atoms with Crippen LogP contribution in [0.15, 0.2) is 89.8 Å². The second-order valence-electron chi connectivity index (χ2n) is 8.54. The van der Waals surface area contributed by atoms with Crippen molar-refractivity contribution in [2.45, 2.75) is 13.3 Å². The Bertz CT molecular complexity index is 1720. The molecule has 8 heteroatoms. The fourth-order valence-corrected chi connectivity index (χ4v) is 4.76. The van der Waals surface area contributed by atoms with E-state index in [2.05, 4.69) is 25.9 Å². The number of phenols is 1.